The number of nitrogens with two attached hydrogens (primary N) is 1. The molecule has 2 rings (SSSR count). The van der Waals surface area contributed by atoms with Crippen LogP contribution in [0.4, 0.5) is 0 Å². The van der Waals surface area contributed by atoms with E-state index in [2.05, 4.69) is 0 Å². The second-order valence-corrected chi connectivity index (χ2v) is 7.39. The Hall–Kier alpha value is -0.840. The van der Waals surface area contributed by atoms with Crippen molar-refractivity contribution in [1.82, 2.24) is 4.31 Å². The van der Waals surface area contributed by atoms with E-state index >= 15 is 0 Å². The highest BCUT2D eigenvalue weighted by atomic mass is 35.5. The molecular formula is C14H19Cl2N3O2S. The summed E-state index contributed by atoms with van der Waals surface area (Å²) in [6, 6.07) is 6.10. The molecular weight excluding hydrogens is 345 g/mol. The van der Waals surface area contributed by atoms with Crippen molar-refractivity contribution in [3.05, 3.63) is 28.8 Å². The Bertz CT molecular complexity index is 657. The predicted octanol–water partition coefficient (Wildman–Crippen LogP) is 2.53. The van der Waals surface area contributed by atoms with Crippen LogP contribution in [0.1, 0.15) is 31.2 Å². The van der Waals surface area contributed by atoms with Gasteiger partial charge in [-0.1, -0.05) is 18.0 Å². The molecule has 0 spiro atoms. The summed E-state index contributed by atoms with van der Waals surface area (Å²) in [7, 11) is -3.60. The predicted molar refractivity (Wildman–Crippen MR) is 88.6 cm³/mol. The Morgan fingerprint density at radius 2 is 2.14 bits per heavy atom. The molecule has 1 saturated heterocycles. The molecule has 1 aromatic carbocycles. The first-order valence-electron chi connectivity index (χ1n) is 6.92. The molecule has 1 aromatic rings. The van der Waals surface area contributed by atoms with Gasteiger partial charge in [0, 0.05) is 12.6 Å². The summed E-state index contributed by atoms with van der Waals surface area (Å²) in [6.45, 7) is 0.968. The van der Waals surface area contributed by atoms with Crippen LogP contribution in [0.25, 0.3) is 0 Å². The Balaban J connectivity index is 0.00000242. The Morgan fingerprint density at radius 1 is 1.41 bits per heavy atom. The van der Waals surface area contributed by atoms with E-state index in [1.54, 1.807) is 0 Å². The zero-order chi connectivity index (χ0) is 15.5. The van der Waals surface area contributed by atoms with E-state index in [9.17, 15) is 8.42 Å². The van der Waals surface area contributed by atoms with Crippen LogP contribution in [0, 0.1) is 11.3 Å². The standard InChI is InChI=1S/C14H18ClN3O2S.ClH/c15-14-9-13(5-4-11(14)10-17)21(19,20)18-8-2-1-3-12(18)6-7-16;/h4-5,9,12H,1-3,6-8,16H2;1H. The molecule has 1 heterocycles. The summed E-state index contributed by atoms with van der Waals surface area (Å²) in [5, 5.41) is 9.02. The molecule has 2 N–H and O–H groups in total. The number of hydrogen-bond donors (Lipinski definition) is 1. The highest BCUT2D eigenvalue weighted by Gasteiger charge is 2.33. The number of piperidine rings is 1. The van der Waals surface area contributed by atoms with E-state index in [0.29, 0.717) is 19.5 Å². The quantitative estimate of drug-likeness (QED) is 0.889. The lowest BCUT2D eigenvalue weighted by molar-refractivity contribution is 0.243. The van der Waals surface area contributed by atoms with E-state index in [-0.39, 0.29) is 33.9 Å². The number of nitrogens with zero attached hydrogens (tertiary/aromatic N) is 2. The molecule has 0 amide bonds. The van der Waals surface area contributed by atoms with Gasteiger partial charge in [-0.3, -0.25) is 0 Å². The first kappa shape index (κ1) is 19.2. The summed E-state index contributed by atoms with van der Waals surface area (Å²) in [5.74, 6) is 0. The number of rotatable bonds is 4. The lowest BCUT2D eigenvalue weighted by Crippen LogP contribution is -2.44. The minimum atomic E-state index is -3.60. The van der Waals surface area contributed by atoms with Gasteiger partial charge < -0.3 is 5.73 Å². The highest BCUT2D eigenvalue weighted by Crippen LogP contribution is 2.28. The van der Waals surface area contributed by atoms with Crippen LogP contribution >= 0.6 is 24.0 Å². The van der Waals surface area contributed by atoms with Gasteiger partial charge in [0.2, 0.25) is 10.0 Å². The smallest absolute Gasteiger partial charge is 0.243 e. The van der Waals surface area contributed by atoms with E-state index < -0.39 is 10.0 Å². The highest BCUT2D eigenvalue weighted by molar-refractivity contribution is 7.89. The van der Waals surface area contributed by atoms with Gasteiger partial charge in [0.05, 0.1) is 15.5 Å². The maximum atomic E-state index is 12.8. The third kappa shape index (κ3) is 3.92. The van der Waals surface area contributed by atoms with Crippen molar-refractivity contribution in [3.63, 3.8) is 0 Å². The van der Waals surface area contributed by atoms with Crippen molar-refractivity contribution in [2.45, 2.75) is 36.6 Å². The van der Waals surface area contributed by atoms with E-state index in [1.807, 2.05) is 6.07 Å². The summed E-state index contributed by atoms with van der Waals surface area (Å²) in [4.78, 5) is 0.135. The summed E-state index contributed by atoms with van der Waals surface area (Å²) >= 11 is 5.95. The van der Waals surface area contributed by atoms with Crippen molar-refractivity contribution in [2.75, 3.05) is 13.1 Å². The van der Waals surface area contributed by atoms with Crippen LogP contribution in [-0.4, -0.2) is 31.9 Å². The third-order valence-electron chi connectivity index (χ3n) is 3.74. The second-order valence-electron chi connectivity index (χ2n) is 5.10. The van der Waals surface area contributed by atoms with Gasteiger partial charge in [0.15, 0.2) is 0 Å². The molecule has 122 valence electrons. The fourth-order valence-corrected chi connectivity index (χ4v) is 4.69. The van der Waals surface area contributed by atoms with Gasteiger partial charge in [-0.15, -0.1) is 12.4 Å². The first-order valence-corrected chi connectivity index (χ1v) is 8.74. The molecule has 0 saturated carbocycles. The van der Waals surface area contributed by atoms with Gasteiger partial charge in [0.1, 0.15) is 6.07 Å². The Morgan fingerprint density at radius 3 is 2.73 bits per heavy atom. The number of nitriles is 1. The van der Waals surface area contributed by atoms with Gasteiger partial charge >= 0.3 is 0 Å². The van der Waals surface area contributed by atoms with Crippen molar-refractivity contribution < 1.29 is 8.42 Å². The average Bonchev–Trinajstić information content (AvgIpc) is 2.48. The summed E-state index contributed by atoms with van der Waals surface area (Å²) in [5.41, 5.74) is 5.86. The molecule has 1 unspecified atom stereocenters. The van der Waals surface area contributed by atoms with Crippen LogP contribution in [0.3, 0.4) is 0 Å². The SMILES string of the molecule is Cl.N#Cc1ccc(S(=O)(=O)N2CCCCC2CCN)cc1Cl. The van der Waals surface area contributed by atoms with Gasteiger partial charge in [-0.25, -0.2) is 8.42 Å². The fraction of sp³-hybridized carbons (Fsp3) is 0.500. The molecule has 1 fully saturated rings. The molecule has 8 heteroatoms. The number of halogens is 2. The van der Waals surface area contributed by atoms with Crippen LogP contribution < -0.4 is 5.73 Å². The second kappa shape index (κ2) is 8.14. The maximum Gasteiger partial charge on any atom is 0.243 e. The number of benzene rings is 1. The van der Waals surface area contributed by atoms with Crippen molar-refractivity contribution in [1.29, 1.82) is 5.26 Å². The van der Waals surface area contributed by atoms with E-state index in [0.717, 1.165) is 19.3 Å². The van der Waals surface area contributed by atoms with Gasteiger partial charge in [-0.05, 0) is 44.0 Å². The minimum Gasteiger partial charge on any atom is -0.330 e. The number of hydrogen-bond acceptors (Lipinski definition) is 4. The van der Waals surface area contributed by atoms with Gasteiger partial charge in [0.25, 0.3) is 0 Å². The summed E-state index contributed by atoms with van der Waals surface area (Å²) in [6.07, 6.45) is 3.36. The molecule has 1 aliphatic heterocycles. The molecule has 0 aliphatic carbocycles. The topological polar surface area (TPSA) is 87.2 Å². The summed E-state index contributed by atoms with van der Waals surface area (Å²) < 4.78 is 27.1. The largest absolute Gasteiger partial charge is 0.330 e. The zero-order valence-electron chi connectivity index (χ0n) is 12.0. The van der Waals surface area contributed by atoms with Crippen molar-refractivity contribution >= 4 is 34.0 Å². The van der Waals surface area contributed by atoms with E-state index in [1.165, 1.54) is 22.5 Å². The molecule has 0 radical (unpaired) electrons. The van der Waals surface area contributed by atoms with Gasteiger partial charge in [-0.2, -0.15) is 9.57 Å². The molecule has 1 aliphatic rings. The van der Waals surface area contributed by atoms with Crippen LogP contribution in [-0.2, 0) is 10.0 Å². The lowest BCUT2D eigenvalue weighted by atomic mass is 10.0. The van der Waals surface area contributed by atoms with Crippen LogP contribution in [0.15, 0.2) is 23.1 Å². The van der Waals surface area contributed by atoms with Crippen LogP contribution in [0.2, 0.25) is 5.02 Å². The zero-order valence-corrected chi connectivity index (χ0v) is 14.4. The third-order valence-corrected chi connectivity index (χ3v) is 6.00. The molecule has 0 bridgehead atoms. The van der Waals surface area contributed by atoms with Crippen LogP contribution in [0.5, 0.6) is 0 Å². The molecule has 1 atom stereocenters. The monoisotopic (exact) mass is 363 g/mol. The first-order chi connectivity index (χ1) is 10.0. The molecule has 5 nitrogen and oxygen atoms in total. The van der Waals surface area contributed by atoms with Crippen molar-refractivity contribution in [3.8, 4) is 6.07 Å². The Labute approximate surface area is 142 Å². The molecule has 22 heavy (non-hydrogen) atoms. The van der Waals surface area contributed by atoms with Crippen molar-refractivity contribution in [2.24, 2.45) is 5.73 Å². The van der Waals surface area contributed by atoms with E-state index in [4.69, 9.17) is 22.6 Å². The normalized spacial score (nSPS) is 19.2. The average molecular weight is 364 g/mol. The lowest BCUT2D eigenvalue weighted by Gasteiger charge is -2.34. The number of sulfonamides is 1. The fourth-order valence-electron chi connectivity index (χ4n) is 2.65. The molecule has 0 aromatic heterocycles. The maximum absolute atomic E-state index is 12.8. The Kier molecular flexibility index (Phi) is 7.10. The minimum absolute atomic E-state index is 0.